The van der Waals surface area contributed by atoms with Gasteiger partial charge in [0.25, 0.3) is 0 Å². The maximum absolute atomic E-state index is 6.12. The van der Waals surface area contributed by atoms with E-state index in [2.05, 4.69) is 68.2 Å². The summed E-state index contributed by atoms with van der Waals surface area (Å²) in [6.45, 7) is 8.65. The molecule has 0 aliphatic rings. The van der Waals surface area contributed by atoms with E-state index in [1.165, 1.54) is 16.3 Å². The van der Waals surface area contributed by atoms with Crippen LogP contribution in [0.2, 0.25) is 19.6 Å². The van der Waals surface area contributed by atoms with Crippen molar-refractivity contribution in [1.82, 2.24) is 0 Å². The molecule has 0 N–H and O–H groups in total. The second-order valence-corrected chi connectivity index (χ2v) is 9.86. The van der Waals surface area contributed by atoms with Crippen LogP contribution in [0.3, 0.4) is 0 Å². The van der Waals surface area contributed by atoms with E-state index in [1.807, 2.05) is 6.92 Å². The highest BCUT2D eigenvalue weighted by Crippen LogP contribution is 2.24. The highest BCUT2D eigenvalue weighted by atomic mass is 28.4. The summed E-state index contributed by atoms with van der Waals surface area (Å²) in [4.78, 5) is 0. The molecule has 0 aliphatic carbocycles. The van der Waals surface area contributed by atoms with Crippen molar-refractivity contribution in [1.29, 1.82) is 0 Å². The van der Waals surface area contributed by atoms with Crippen LogP contribution >= 0.6 is 0 Å². The zero-order valence-corrected chi connectivity index (χ0v) is 12.5. The largest absolute Gasteiger partial charge is 0.544 e. The summed E-state index contributed by atoms with van der Waals surface area (Å²) in [6, 6.07) is 14.9. The predicted octanol–water partition coefficient (Wildman–Crippen LogP) is 5.05. The van der Waals surface area contributed by atoms with Gasteiger partial charge in [-0.05, 0) is 49.5 Å². The second kappa shape index (κ2) is 4.98. The third-order valence-electron chi connectivity index (χ3n) is 2.71. The molecule has 0 atom stereocenters. The summed E-state index contributed by atoms with van der Waals surface area (Å²) in [5.74, 6) is 1.000. The van der Waals surface area contributed by atoms with E-state index in [0.29, 0.717) is 0 Å². The maximum Gasteiger partial charge on any atom is 0.242 e. The Balaban J connectivity index is 2.40. The van der Waals surface area contributed by atoms with Gasteiger partial charge in [-0.2, -0.15) is 0 Å². The van der Waals surface area contributed by atoms with Crippen molar-refractivity contribution in [3.63, 3.8) is 0 Å². The smallest absolute Gasteiger partial charge is 0.242 e. The topological polar surface area (TPSA) is 9.23 Å². The molecule has 0 fully saturated rings. The van der Waals surface area contributed by atoms with Gasteiger partial charge in [-0.15, -0.1) is 0 Å². The molecule has 0 saturated heterocycles. The zero-order chi connectivity index (χ0) is 13.2. The molecule has 1 nitrogen and oxygen atoms in total. The zero-order valence-electron chi connectivity index (χ0n) is 11.5. The molecule has 18 heavy (non-hydrogen) atoms. The summed E-state index contributed by atoms with van der Waals surface area (Å²) in [7, 11) is -1.56. The fourth-order valence-corrected chi connectivity index (χ4v) is 2.85. The van der Waals surface area contributed by atoms with Gasteiger partial charge in [-0.3, -0.25) is 0 Å². The summed E-state index contributed by atoms with van der Waals surface area (Å²) >= 11 is 0. The lowest BCUT2D eigenvalue weighted by molar-refractivity contribution is 0.514. The van der Waals surface area contributed by atoms with Gasteiger partial charge in [0.15, 0.2) is 0 Å². The van der Waals surface area contributed by atoms with Crippen LogP contribution in [-0.4, -0.2) is 8.32 Å². The average molecular weight is 256 g/mol. The van der Waals surface area contributed by atoms with Crippen molar-refractivity contribution in [2.45, 2.75) is 26.6 Å². The third kappa shape index (κ3) is 3.02. The van der Waals surface area contributed by atoms with Crippen molar-refractivity contribution in [3.8, 4) is 0 Å². The highest BCUT2D eigenvalue weighted by molar-refractivity contribution is 6.70. The molecule has 0 spiro atoms. The van der Waals surface area contributed by atoms with E-state index in [9.17, 15) is 0 Å². The minimum Gasteiger partial charge on any atom is -0.544 e. The quantitative estimate of drug-likeness (QED) is 0.551. The molecule has 94 valence electrons. The first-order chi connectivity index (χ1) is 8.49. The molecule has 2 aromatic carbocycles. The van der Waals surface area contributed by atoms with Crippen LogP contribution in [0.15, 0.2) is 48.5 Å². The summed E-state index contributed by atoms with van der Waals surface area (Å²) in [5, 5.41) is 2.53. The lowest BCUT2D eigenvalue weighted by Crippen LogP contribution is -2.24. The van der Waals surface area contributed by atoms with Crippen molar-refractivity contribution >= 4 is 24.8 Å². The van der Waals surface area contributed by atoms with Gasteiger partial charge < -0.3 is 4.43 Å². The molecule has 2 aromatic rings. The minimum absolute atomic E-state index is 1.000. The number of hydrogen-bond donors (Lipinski definition) is 0. The van der Waals surface area contributed by atoms with Crippen LogP contribution in [0.1, 0.15) is 12.5 Å². The molecule has 2 heteroatoms. The second-order valence-electron chi connectivity index (χ2n) is 5.43. The Bertz CT molecular complexity index is 579. The van der Waals surface area contributed by atoms with E-state index in [0.717, 1.165) is 5.76 Å². The Hall–Kier alpha value is -1.54. The summed E-state index contributed by atoms with van der Waals surface area (Å²) in [5.41, 5.74) is 1.17. The normalized spacial score (nSPS) is 12.8. The standard InChI is InChI=1S/C16H20OSi/c1-5-16(17-18(2,3)4)15-11-10-13-8-6-7-9-14(13)12-15/h5-12H,1-4H3/b16-5+. The number of allylic oxidation sites excluding steroid dienone is 1. The lowest BCUT2D eigenvalue weighted by Gasteiger charge is -2.22. The molecular weight excluding hydrogens is 236 g/mol. The van der Waals surface area contributed by atoms with Crippen LogP contribution in [-0.2, 0) is 4.43 Å². The molecule has 0 heterocycles. The van der Waals surface area contributed by atoms with Crippen molar-refractivity contribution in [2.24, 2.45) is 0 Å². The Kier molecular flexibility index (Phi) is 3.57. The van der Waals surface area contributed by atoms with Crippen molar-refractivity contribution < 1.29 is 4.43 Å². The monoisotopic (exact) mass is 256 g/mol. The van der Waals surface area contributed by atoms with Crippen LogP contribution in [0.5, 0.6) is 0 Å². The molecule has 0 amide bonds. The molecule has 0 bridgehead atoms. The van der Waals surface area contributed by atoms with Crippen LogP contribution < -0.4 is 0 Å². The molecule has 0 unspecified atom stereocenters. The molecule has 0 aromatic heterocycles. The van der Waals surface area contributed by atoms with Crippen molar-refractivity contribution in [2.75, 3.05) is 0 Å². The van der Waals surface area contributed by atoms with E-state index >= 15 is 0 Å². The SMILES string of the molecule is C/C=C(/O[Si](C)(C)C)c1ccc2ccccc2c1. The van der Waals surface area contributed by atoms with Gasteiger partial charge in [0, 0.05) is 5.56 Å². The van der Waals surface area contributed by atoms with Gasteiger partial charge in [0.05, 0.1) is 0 Å². The van der Waals surface area contributed by atoms with Crippen LogP contribution in [0, 0.1) is 0 Å². The Labute approximate surface area is 110 Å². The molecule has 2 rings (SSSR count). The first kappa shape index (κ1) is 12.9. The maximum atomic E-state index is 6.12. The van der Waals surface area contributed by atoms with Crippen LogP contribution in [0.4, 0.5) is 0 Å². The van der Waals surface area contributed by atoms with Gasteiger partial charge in [-0.1, -0.05) is 36.4 Å². The van der Waals surface area contributed by atoms with Gasteiger partial charge in [0.2, 0.25) is 8.32 Å². The van der Waals surface area contributed by atoms with Gasteiger partial charge in [0.1, 0.15) is 5.76 Å². The highest BCUT2D eigenvalue weighted by Gasteiger charge is 2.18. The van der Waals surface area contributed by atoms with Crippen molar-refractivity contribution in [3.05, 3.63) is 54.1 Å². The Morgan fingerprint density at radius 2 is 1.67 bits per heavy atom. The fraction of sp³-hybridized carbons (Fsp3) is 0.250. The van der Waals surface area contributed by atoms with E-state index in [4.69, 9.17) is 4.43 Å². The Morgan fingerprint density at radius 1 is 1.00 bits per heavy atom. The predicted molar refractivity (Wildman–Crippen MR) is 82.0 cm³/mol. The van der Waals surface area contributed by atoms with E-state index < -0.39 is 8.32 Å². The van der Waals surface area contributed by atoms with Gasteiger partial charge >= 0.3 is 0 Å². The number of benzene rings is 2. The molecule has 0 saturated carbocycles. The van der Waals surface area contributed by atoms with Crippen LogP contribution in [0.25, 0.3) is 16.5 Å². The summed E-state index contributed by atoms with van der Waals surface area (Å²) < 4.78 is 6.12. The molecular formula is C16H20OSi. The molecule has 0 radical (unpaired) electrons. The van der Waals surface area contributed by atoms with E-state index in [1.54, 1.807) is 0 Å². The number of hydrogen-bond acceptors (Lipinski definition) is 1. The summed E-state index contributed by atoms with van der Waals surface area (Å²) in [6.07, 6.45) is 2.06. The minimum atomic E-state index is -1.56. The first-order valence-corrected chi connectivity index (χ1v) is 9.75. The molecule has 0 aliphatic heterocycles. The number of fused-ring (bicyclic) bond motifs is 1. The number of rotatable bonds is 3. The fourth-order valence-electron chi connectivity index (χ4n) is 1.96. The lowest BCUT2D eigenvalue weighted by atomic mass is 10.1. The van der Waals surface area contributed by atoms with Gasteiger partial charge in [-0.25, -0.2) is 0 Å². The first-order valence-electron chi connectivity index (χ1n) is 6.34. The average Bonchev–Trinajstić information content (AvgIpc) is 2.34. The van der Waals surface area contributed by atoms with E-state index in [-0.39, 0.29) is 0 Å². The Morgan fingerprint density at radius 3 is 2.28 bits per heavy atom. The third-order valence-corrected chi connectivity index (χ3v) is 3.54.